The number of likely N-dealkylation sites (tertiary alicyclic amines) is 1. The molecule has 1 fully saturated rings. The summed E-state index contributed by atoms with van der Waals surface area (Å²) in [6, 6.07) is 0. The van der Waals surface area contributed by atoms with Gasteiger partial charge in [-0.05, 0) is 19.0 Å². The van der Waals surface area contributed by atoms with Crippen LogP contribution in [-0.2, 0) is 0 Å². The van der Waals surface area contributed by atoms with E-state index in [9.17, 15) is 5.11 Å². The van der Waals surface area contributed by atoms with Gasteiger partial charge in [0.05, 0.1) is 0 Å². The van der Waals surface area contributed by atoms with Crippen LogP contribution in [0.25, 0.3) is 0 Å². The van der Waals surface area contributed by atoms with E-state index >= 15 is 0 Å². The second kappa shape index (κ2) is 5.85. The maximum Gasteiger partial charge on any atom is 1.00 e. The zero-order valence-electron chi connectivity index (χ0n) is 6.55. The Bertz CT molecular complexity index is 99.8. The Hall–Kier alpha value is 0.0974. The van der Waals surface area contributed by atoms with Gasteiger partial charge < -0.3 is 10.0 Å². The third-order valence-electron chi connectivity index (χ3n) is 1.55. The molecule has 0 aromatic heterocycles. The first kappa shape index (κ1) is 10.1. The standard InChI is InChI=1S/C7H12NO.Li/c9-7-3-6-8-4-1-2-5-8;/h3,6H,1-2,4-5,7H2;/q-1;+1/b6-3+;. The Kier molecular flexibility index (Phi) is 5.91. The largest absolute Gasteiger partial charge is 1.00 e. The Morgan fingerprint density at radius 3 is 2.40 bits per heavy atom. The van der Waals surface area contributed by atoms with Gasteiger partial charge in [0.25, 0.3) is 0 Å². The molecule has 0 bridgehead atoms. The van der Waals surface area contributed by atoms with Gasteiger partial charge in [0.2, 0.25) is 0 Å². The fourth-order valence-electron chi connectivity index (χ4n) is 1.08. The fraction of sp³-hybridized carbons (Fsp3) is 0.714. The van der Waals surface area contributed by atoms with Crippen LogP contribution in [0.2, 0.25) is 0 Å². The molecule has 1 aliphatic rings. The van der Waals surface area contributed by atoms with Gasteiger partial charge in [0, 0.05) is 13.1 Å². The first-order valence-electron chi connectivity index (χ1n) is 3.42. The third kappa shape index (κ3) is 3.31. The molecule has 0 atom stereocenters. The Morgan fingerprint density at radius 1 is 1.30 bits per heavy atom. The molecule has 3 heteroatoms. The van der Waals surface area contributed by atoms with E-state index in [4.69, 9.17) is 0 Å². The van der Waals surface area contributed by atoms with Gasteiger partial charge in [-0.1, -0.05) is 6.08 Å². The average Bonchev–Trinajstić information content (AvgIpc) is 2.34. The number of hydrogen-bond donors (Lipinski definition) is 0. The van der Waals surface area contributed by atoms with Crippen molar-refractivity contribution in [3.8, 4) is 0 Å². The smallest absolute Gasteiger partial charge is 0.851 e. The van der Waals surface area contributed by atoms with E-state index in [0.29, 0.717) is 0 Å². The van der Waals surface area contributed by atoms with Crippen LogP contribution in [0.5, 0.6) is 0 Å². The van der Waals surface area contributed by atoms with Gasteiger partial charge in [-0.25, -0.2) is 0 Å². The first-order valence-corrected chi connectivity index (χ1v) is 3.42. The monoisotopic (exact) mass is 133 g/mol. The number of hydrogen-bond acceptors (Lipinski definition) is 2. The van der Waals surface area contributed by atoms with E-state index in [1.165, 1.54) is 12.8 Å². The predicted molar refractivity (Wildman–Crippen MR) is 34.8 cm³/mol. The molecular weight excluding hydrogens is 121 g/mol. The van der Waals surface area contributed by atoms with Crippen LogP contribution in [0.3, 0.4) is 0 Å². The van der Waals surface area contributed by atoms with E-state index in [1.807, 2.05) is 6.20 Å². The van der Waals surface area contributed by atoms with Crippen molar-refractivity contribution in [3.63, 3.8) is 0 Å². The van der Waals surface area contributed by atoms with Gasteiger partial charge in [-0.2, -0.15) is 0 Å². The van der Waals surface area contributed by atoms with Crippen molar-refractivity contribution in [1.29, 1.82) is 0 Å². The summed E-state index contributed by atoms with van der Waals surface area (Å²) in [6.07, 6.45) is 6.15. The van der Waals surface area contributed by atoms with Crippen molar-refractivity contribution < 1.29 is 24.0 Å². The second-order valence-electron chi connectivity index (χ2n) is 2.29. The zero-order chi connectivity index (χ0) is 6.53. The zero-order valence-corrected chi connectivity index (χ0v) is 6.55. The molecule has 0 amide bonds. The molecule has 0 N–H and O–H groups in total. The van der Waals surface area contributed by atoms with E-state index in [2.05, 4.69) is 4.90 Å². The quantitative estimate of drug-likeness (QED) is 0.374. The number of nitrogens with zero attached hydrogens (tertiary/aromatic N) is 1. The van der Waals surface area contributed by atoms with E-state index in [-0.39, 0.29) is 25.5 Å². The Morgan fingerprint density at radius 2 is 1.90 bits per heavy atom. The van der Waals surface area contributed by atoms with Crippen LogP contribution in [-0.4, -0.2) is 24.6 Å². The Labute approximate surface area is 74.1 Å². The van der Waals surface area contributed by atoms with Crippen LogP contribution >= 0.6 is 0 Å². The average molecular weight is 133 g/mol. The minimum atomic E-state index is -0.0868. The molecule has 0 aliphatic carbocycles. The third-order valence-corrected chi connectivity index (χ3v) is 1.55. The summed E-state index contributed by atoms with van der Waals surface area (Å²) >= 11 is 0. The van der Waals surface area contributed by atoms with E-state index in [0.717, 1.165) is 13.1 Å². The van der Waals surface area contributed by atoms with Crippen molar-refractivity contribution in [1.82, 2.24) is 4.90 Å². The van der Waals surface area contributed by atoms with Crippen molar-refractivity contribution in [2.45, 2.75) is 12.8 Å². The summed E-state index contributed by atoms with van der Waals surface area (Å²) in [7, 11) is 0. The van der Waals surface area contributed by atoms with Crippen molar-refractivity contribution in [2.24, 2.45) is 0 Å². The second-order valence-corrected chi connectivity index (χ2v) is 2.29. The van der Waals surface area contributed by atoms with Gasteiger partial charge in [0.15, 0.2) is 0 Å². The Balaban J connectivity index is 0.000000810. The topological polar surface area (TPSA) is 26.3 Å². The minimum absolute atomic E-state index is 0. The summed E-state index contributed by atoms with van der Waals surface area (Å²) in [4.78, 5) is 2.19. The van der Waals surface area contributed by atoms with Crippen molar-refractivity contribution in [2.75, 3.05) is 19.7 Å². The first-order chi connectivity index (χ1) is 4.43. The maximum absolute atomic E-state index is 9.97. The molecule has 10 heavy (non-hydrogen) atoms. The molecule has 0 saturated carbocycles. The van der Waals surface area contributed by atoms with Gasteiger partial charge >= 0.3 is 18.9 Å². The van der Waals surface area contributed by atoms with E-state index in [1.54, 1.807) is 6.08 Å². The van der Waals surface area contributed by atoms with Crippen LogP contribution < -0.4 is 24.0 Å². The summed E-state index contributed by atoms with van der Waals surface area (Å²) < 4.78 is 0. The SMILES string of the molecule is [Li+].[O-]C/C=C/N1CCCC1. The van der Waals surface area contributed by atoms with Crippen molar-refractivity contribution in [3.05, 3.63) is 12.3 Å². The summed E-state index contributed by atoms with van der Waals surface area (Å²) in [5.74, 6) is 0. The maximum atomic E-state index is 9.97. The van der Waals surface area contributed by atoms with Gasteiger partial charge in [-0.15, -0.1) is 6.61 Å². The molecule has 0 unspecified atom stereocenters. The molecule has 52 valence electrons. The van der Waals surface area contributed by atoms with Crippen LogP contribution in [0.4, 0.5) is 0 Å². The molecule has 1 heterocycles. The molecule has 0 radical (unpaired) electrons. The van der Waals surface area contributed by atoms with Crippen LogP contribution in [0.1, 0.15) is 12.8 Å². The van der Waals surface area contributed by atoms with Crippen LogP contribution in [0, 0.1) is 0 Å². The van der Waals surface area contributed by atoms with Crippen LogP contribution in [0.15, 0.2) is 12.3 Å². The molecule has 0 aromatic carbocycles. The minimum Gasteiger partial charge on any atom is -0.851 e. The van der Waals surface area contributed by atoms with Gasteiger partial charge in [-0.3, -0.25) is 0 Å². The molecule has 0 spiro atoms. The van der Waals surface area contributed by atoms with Gasteiger partial charge in [0.1, 0.15) is 0 Å². The van der Waals surface area contributed by atoms with Crippen molar-refractivity contribution >= 4 is 0 Å². The summed E-state index contributed by atoms with van der Waals surface area (Å²) in [5, 5.41) is 9.97. The molecule has 1 saturated heterocycles. The summed E-state index contributed by atoms with van der Waals surface area (Å²) in [5.41, 5.74) is 0. The van der Waals surface area contributed by atoms with E-state index < -0.39 is 0 Å². The number of rotatable bonds is 2. The normalized spacial score (nSPS) is 17.9. The molecule has 0 aromatic rings. The molecular formula is C7H12LiNO. The molecule has 2 nitrogen and oxygen atoms in total. The predicted octanol–water partition coefficient (Wildman–Crippen LogP) is -3.04. The fourth-order valence-corrected chi connectivity index (χ4v) is 1.08. The molecule has 1 rings (SSSR count). The summed E-state index contributed by atoms with van der Waals surface area (Å²) in [6.45, 7) is 2.18. The molecule has 1 aliphatic heterocycles.